The maximum atomic E-state index is 12.5. The predicted molar refractivity (Wildman–Crippen MR) is 74.2 cm³/mol. The molecule has 0 bridgehead atoms. The molecule has 1 aromatic heterocycles. The van der Waals surface area contributed by atoms with Crippen LogP contribution >= 0.6 is 0 Å². The number of hydrogen-bond donors (Lipinski definition) is 1. The Kier molecular flexibility index (Phi) is 3.17. The van der Waals surface area contributed by atoms with E-state index in [1.165, 1.54) is 23.4 Å². The third-order valence-corrected chi connectivity index (χ3v) is 3.68. The number of benzene rings is 1. The van der Waals surface area contributed by atoms with Crippen molar-refractivity contribution in [3.63, 3.8) is 0 Å². The van der Waals surface area contributed by atoms with Gasteiger partial charge in [-0.3, -0.25) is 4.79 Å². The number of anilines is 1. The molecule has 0 radical (unpaired) electrons. The summed E-state index contributed by atoms with van der Waals surface area (Å²) in [4.78, 5) is 29.0. The van der Waals surface area contributed by atoms with E-state index in [1.807, 2.05) is 0 Å². The predicted octanol–water partition coefficient (Wildman–Crippen LogP) is 1.13. The average Bonchev–Trinajstić information content (AvgIpc) is 3.14. The molecule has 7 heteroatoms. The van der Waals surface area contributed by atoms with Gasteiger partial charge in [0.25, 0.3) is 5.91 Å². The lowest BCUT2D eigenvalue weighted by Crippen LogP contribution is -2.35. The maximum absolute atomic E-state index is 12.5. The van der Waals surface area contributed by atoms with Crippen molar-refractivity contribution in [2.24, 2.45) is 0 Å². The van der Waals surface area contributed by atoms with E-state index in [-0.39, 0.29) is 11.5 Å². The van der Waals surface area contributed by atoms with Crippen molar-refractivity contribution in [2.45, 2.75) is 19.4 Å². The van der Waals surface area contributed by atoms with E-state index in [0.29, 0.717) is 13.0 Å². The number of amides is 1. The lowest BCUT2D eigenvalue weighted by Gasteiger charge is -2.21. The minimum atomic E-state index is -0.960. The molecule has 1 unspecified atom stereocenters. The quantitative estimate of drug-likeness (QED) is 0.913. The molecule has 1 aliphatic rings. The maximum Gasteiger partial charge on any atom is 0.335 e. The zero-order chi connectivity index (χ0) is 15.0. The average molecular weight is 286 g/mol. The van der Waals surface area contributed by atoms with Gasteiger partial charge in [0, 0.05) is 12.2 Å². The van der Waals surface area contributed by atoms with E-state index >= 15 is 0 Å². The SMILES string of the molecule is CC(C(=O)N1CCc2cc(C(=O)O)ccc21)n1cncn1. The number of aromatic carboxylic acids is 1. The molecule has 2 aromatic rings. The van der Waals surface area contributed by atoms with Crippen molar-refractivity contribution in [1.82, 2.24) is 14.8 Å². The Morgan fingerprint density at radius 3 is 2.86 bits per heavy atom. The molecule has 1 atom stereocenters. The van der Waals surface area contributed by atoms with Crippen LogP contribution in [-0.2, 0) is 11.2 Å². The molecule has 1 N–H and O–H groups in total. The van der Waals surface area contributed by atoms with Crippen molar-refractivity contribution >= 4 is 17.6 Å². The van der Waals surface area contributed by atoms with E-state index in [2.05, 4.69) is 10.1 Å². The summed E-state index contributed by atoms with van der Waals surface area (Å²) in [6, 6.07) is 4.40. The third kappa shape index (κ3) is 2.26. The fourth-order valence-corrected chi connectivity index (χ4v) is 2.52. The number of nitrogens with zero attached hydrogens (tertiary/aromatic N) is 4. The van der Waals surface area contributed by atoms with Crippen LogP contribution in [0.2, 0.25) is 0 Å². The lowest BCUT2D eigenvalue weighted by atomic mass is 10.1. The summed E-state index contributed by atoms with van der Waals surface area (Å²) >= 11 is 0. The van der Waals surface area contributed by atoms with Gasteiger partial charge in [0.1, 0.15) is 18.7 Å². The van der Waals surface area contributed by atoms with Gasteiger partial charge in [-0.1, -0.05) is 0 Å². The summed E-state index contributed by atoms with van der Waals surface area (Å²) in [5, 5.41) is 13.0. The zero-order valence-corrected chi connectivity index (χ0v) is 11.4. The van der Waals surface area contributed by atoms with Crippen molar-refractivity contribution < 1.29 is 14.7 Å². The molecule has 1 aliphatic heterocycles. The van der Waals surface area contributed by atoms with Gasteiger partial charge in [-0.05, 0) is 37.1 Å². The first-order valence-electron chi connectivity index (χ1n) is 6.59. The first-order valence-corrected chi connectivity index (χ1v) is 6.59. The summed E-state index contributed by atoms with van der Waals surface area (Å²) in [5.74, 6) is -1.04. The number of carbonyl (C=O) groups is 2. The van der Waals surface area contributed by atoms with E-state index in [4.69, 9.17) is 5.11 Å². The molecule has 0 fully saturated rings. The number of fused-ring (bicyclic) bond motifs is 1. The first-order chi connectivity index (χ1) is 10.1. The van der Waals surface area contributed by atoms with Gasteiger partial charge in [-0.2, -0.15) is 5.10 Å². The lowest BCUT2D eigenvalue weighted by molar-refractivity contribution is -0.121. The third-order valence-electron chi connectivity index (χ3n) is 3.68. The summed E-state index contributed by atoms with van der Waals surface area (Å²) in [5.41, 5.74) is 1.90. The minimum Gasteiger partial charge on any atom is -0.478 e. The van der Waals surface area contributed by atoms with Crippen LogP contribution in [-0.4, -0.2) is 38.3 Å². The smallest absolute Gasteiger partial charge is 0.335 e. The molecule has 0 aliphatic carbocycles. The van der Waals surface area contributed by atoms with E-state index in [0.717, 1.165) is 11.3 Å². The fourth-order valence-electron chi connectivity index (χ4n) is 2.52. The second-order valence-electron chi connectivity index (χ2n) is 4.94. The molecule has 108 valence electrons. The monoisotopic (exact) mass is 286 g/mol. The van der Waals surface area contributed by atoms with Gasteiger partial charge < -0.3 is 10.0 Å². The minimum absolute atomic E-state index is 0.0812. The van der Waals surface area contributed by atoms with Gasteiger partial charge in [0.2, 0.25) is 0 Å². The van der Waals surface area contributed by atoms with Crippen molar-refractivity contribution in [3.8, 4) is 0 Å². The zero-order valence-electron chi connectivity index (χ0n) is 11.4. The molecule has 3 rings (SSSR count). The van der Waals surface area contributed by atoms with E-state index in [1.54, 1.807) is 24.0 Å². The molecule has 0 saturated carbocycles. The van der Waals surface area contributed by atoms with Crippen LogP contribution in [0.3, 0.4) is 0 Å². The molecule has 21 heavy (non-hydrogen) atoms. The van der Waals surface area contributed by atoms with Crippen LogP contribution in [0.1, 0.15) is 28.9 Å². The largest absolute Gasteiger partial charge is 0.478 e. The Morgan fingerprint density at radius 2 is 2.19 bits per heavy atom. The van der Waals surface area contributed by atoms with Crippen molar-refractivity contribution in [2.75, 3.05) is 11.4 Å². The Balaban J connectivity index is 1.87. The Morgan fingerprint density at radius 1 is 1.38 bits per heavy atom. The van der Waals surface area contributed by atoms with Crippen LogP contribution < -0.4 is 4.90 Å². The topological polar surface area (TPSA) is 88.3 Å². The highest BCUT2D eigenvalue weighted by Crippen LogP contribution is 2.30. The Labute approximate surface area is 120 Å². The number of carboxylic acids is 1. The summed E-state index contributed by atoms with van der Waals surface area (Å²) < 4.78 is 1.51. The van der Waals surface area contributed by atoms with Gasteiger partial charge in [-0.25, -0.2) is 14.5 Å². The molecular formula is C14H14N4O3. The van der Waals surface area contributed by atoms with Gasteiger partial charge in [0.15, 0.2) is 0 Å². The molecular weight excluding hydrogens is 272 g/mol. The number of carboxylic acid groups (broad SMARTS) is 1. The van der Waals surface area contributed by atoms with Crippen LogP contribution in [0.15, 0.2) is 30.9 Å². The molecule has 7 nitrogen and oxygen atoms in total. The second kappa shape index (κ2) is 5.01. The Hall–Kier alpha value is -2.70. The van der Waals surface area contributed by atoms with Crippen LogP contribution in [0.5, 0.6) is 0 Å². The number of aromatic nitrogens is 3. The fraction of sp³-hybridized carbons (Fsp3) is 0.286. The molecule has 2 heterocycles. The first kappa shape index (κ1) is 13.3. The Bertz CT molecular complexity index is 696. The highest BCUT2D eigenvalue weighted by Gasteiger charge is 2.29. The molecule has 0 saturated heterocycles. The van der Waals surface area contributed by atoms with Gasteiger partial charge >= 0.3 is 5.97 Å². The molecule has 0 spiro atoms. The molecule has 1 amide bonds. The number of carbonyl (C=O) groups excluding carboxylic acids is 1. The van der Waals surface area contributed by atoms with E-state index < -0.39 is 12.0 Å². The van der Waals surface area contributed by atoms with Crippen molar-refractivity contribution in [3.05, 3.63) is 42.0 Å². The van der Waals surface area contributed by atoms with Crippen LogP contribution in [0, 0.1) is 0 Å². The standard InChI is InChI=1S/C14H14N4O3/c1-9(18-8-15-7-16-18)13(19)17-5-4-10-6-11(14(20)21)2-3-12(10)17/h2-3,6-9H,4-5H2,1H3,(H,20,21). The normalized spacial score (nSPS) is 14.8. The number of hydrogen-bond acceptors (Lipinski definition) is 4. The summed E-state index contributed by atoms with van der Waals surface area (Å²) in [6.45, 7) is 2.32. The van der Waals surface area contributed by atoms with Gasteiger partial charge in [-0.15, -0.1) is 0 Å². The van der Waals surface area contributed by atoms with Crippen LogP contribution in [0.25, 0.3) is 0 Å². The summed E-state index contributed by atoms with van der Waals surface area (Å²) in [7, 11) is 0. The van der Waals surface area contributed by atoms with Crippen LogP contribution in [0.4, 0.5) is 5.69 Å². The van der Waals surface area contributed by atoms with Crippen molar-refractivity contribution in [1.29, 1.82) is 0 Å². The number of rotatable bonds is 3. The van der Waals surface area contributed by atoms with Gasteiger partial charge in [0.05, 0.1) is 5.56 Å². The highest BCUT2D eigenvalue weighted by molar-refractivity contribution is 5.98. The highest BCUT2D eigenvalue weighted by atomic mass is 16.4. The molecule has 1 aromatic carbocycles. The van der Waals surface area contributed by atoms with E-state index in [9.17, 15) is 9.59 Å². The second-order valence-corrected chi connectivity index (χ2v) is 4.94. The summed E-state index contributed by atoms with van der Waals surface area (Å²) in [6.07, 6.45) is 3.56.